The average Bonchev–Trinajstić information content (AvgIpc) is 2.79. The molecule has 6 nitrogen and oxygen atoms in total. The van der Waals surface area contributed by atoms with Crippen LogP contribution in [-0.2, 0) is 9.59 Å². The lowest BCUT2D eigenvalue weighted by atomic mass is 10.1. The fourth-order valence-electron chi connectivity index (χ4n) is 3.15. The standard InChI is InChI=1S/C24H18N4O2/c29-23(27-25-15-19-11-5-9-17-7-1-3-13-21(17)19)24(30)28-26-16-20-12-6-10-18-8-2-4-14-22(18)20/h1-16H,(H,27,29)(H,28,30)/b25-15-,26-16-. The number of carbonyl (C=O) groups excluding carboxylic acids is 2. The Morgan fingerprint density at radius 1 is 0.567 bits per heavy atom. The van der Waals surface area contributed by atoms with E-state index in [1.165, 1.54) is 12.4 Å². The van der Waals surface area contributed by atoms with E-state index in [0.29, 0.717) is 0 Å². The van der Waals surface area contributed by atoms with Crippen LogP contribution in [0.1, 0.15) is 11.1 Å². The molecule has 4 rings (SSSR count). The van der Waals surface area contributed by atoms with Gasteiger partial charge in [0.25, 0.3) is 0 Å². The van der Waals surface area contributed by atoms with Crippen LogP contribution < -0.4 is 10.9 Å². The van der Waals surface area contributed by atoms with Crippen LogP contribution in [0.5, 0.6) is 0 Å². The number of benzene rings is 4. The van der Waals surface area contributed by atoms with E-state index in [-0.39, 0.29) is 0 Å². The molecule has 146 valence electrons. The molecular weight excluding hydrogens is 376 g/mol. The molecule has 2 amide bonds. The topological polar surface area (TPSA) is 82.9 Å². The molecule has 4 aromatic carbocycles. The molecule has 6 heteroatoms. The molecule has 0 aliphatic heterocycles. The van der Waals surface area contributed by atoms with Crippen LogP contribution in [0.3, 0.4) is 0 Å². The fourth-order valence-corrected chi connectivity index (χ4v) is 3.15. The van der Waals surface area contributed by atoms with Gasteiger partial charge in [0, 0.05) is 11.1 Å². The molecule has 30 heavy (non-hydrogen) atoms. The third-order valence-electron chi connectivity index (χ3n) is 4.59. The Kier molecular flexibility index (Phi) is 5.57. The molecule has 0 aliphatic rings. The minimum absolute atomic E-state index is 0.836. The molecule has 0 bridgehead atoms. The maximum Gasteiger partial charge on any atom is 0.331 e. The highest BCUT2D eigenvalue weighted by Crippen LogP contribution is 2.17. The van der Waals surface area contributed by atoms with Crippen molar-refractivity contribution >= 4 is 45.8 Å². The highest BCUT2D eigenvalue weighted by molar-refractivity contribution is 6.35. The molecule has 0 saturated heterocycles. The van der Waals surface area contributed by atoms with Crippen LogP contribution in [0.4, 0.5) is 0 Å². The van der Waals surface area contributed by atoms with Crippen molar-refractivity contribution in [3.05, 3.63) is 96.1 Å². The van der Waals surface area contributed by atoms with Crippen molar-refractivity contribution in [2.45, 2.75) is 0 Å². The zero-order valence-electron chi connectivity index (χ0n) is 15.9. The summed E-state index contributed by atoms with van der Waals surface area (Å²) in [7, 11) is 0. The first kappa shape index (κ1) is 19.0. The third kappa shape index (κ3) is 4.23. The van der Waals surface area contributed by atoms with Gasteiger partial charge in [-0.15, -0.1) is 0 Å². The zero-order valence-corrected chi connectivity index (χ0v) is 15.9. The van der Waals surface area contributed by atoms with Gasteiger partial charge in [0.15, 0.2) is 0 Å². The van der Waals surface area contributed by atoms with Crippen molar-refractivity contribution in [1.29, 1.82) is 0 Å². The number of amides is 2. The van der Waals surface area contributed by atoms with Gasteiger partial charge in [-0.25, -0.2) is 10.9 Å². The van der Waals surface area contributed by atoms with E-state index in [2.05, 4.69) is 21.1 Å². The van der Waals surface area contributed by atoms with E-state index < -0.39 is 11.8 Å². The first-order chi connectivity index (χ1) is 14.7. The second-order valence-electron chi connectivity index (χ2n) is 6.54. The summed E-state index contributed by atoms with van der Waals surface area (Å²) in [4.78, 5) is 23.9. The van der Waals surface area contributed by atoms with Gasteiger partial charge in [0.05, 0.1) is 12.4 Å². The maximum absolute atomic E-state index is 11.9. The lowest BCUT2D eigenvalue weighted by Gasteiger charge is -2.02. The van der Waals surface area contributed by atoms with Crippen molar-refractivity contribution in [2.75, 3.05) is 0 Å². The summed E-state index contributed by atoms with van der Waals surface area (Å²) in [5, 5.41) is 11.9. The number of fused-ring (bicyclic) bond motifs is 2. The largest absolute Gasteiger partial charge is 0.331 e. The first-order valence-corrected chi connectivity index (χ1v) is 9.34. The Labute approximate surface area is 172 Å². The van der Waals surface area contributed by atoms with Gasteiger partial charge in [0.1, 0.15) is 0 Å². The first-order valence-electron chi connectivity index (χ1n) is 9.34. The van der Waals surface area contributed by atoms with Crippen LogP contribution in [0, 0.1) is 0 Å². The van der Waals surface area contributed by atoms with Crippen molar-refractivity contribution in [3.63, 3.8) is 0 Å². The average molecular weight is 394 g/mol. The number of hydrogen-bond acceptors (Lipinski definition) is 4. The highest BCUT2D eigenvalue weighted by Gasteiger charge is 2.11. The quantitative estimate of drug-likeness (QED) is 0.315. The second kappa shape index (κ2) is 8.79. The number of nitrogens with one attached hydrogen (secondary N) is 2. The van der Waals surface area contributed by atoms with Gasteiger partial charge < -0.3 is 0 Å². The van der Waals surface area contributed by atoms with Gasteiger partial charge in [0.2, 0.25) is 0 Å². The Hall–Kier alpha value is -4.32. The van der Waals surface area contributed by atoms with Crippen molar-refractivity contribution in [2.24, 2.45) is 10.2 Å². The number of carbonyl (C=O) groups is 2. The van der Waals surface area contributed by atoms with Crippen LogP contribution in [0.2, 0.25) is 0 Å². The SMILES string of the molecule is O=C(N/N=C\c1cccc2ccccc12)C(=O)N/N=C\c1cccc2ccccc12. The summed E-state index contributed by atoms with van der Waals surface area (Å²) in [5.41, 5.74) is 6.11. The molecule has 4 aromatic rings. The summed E-state index contributed by atoms with van der Waals surface area (Å²) < 4.78 is 0. The predicted octanol–water partition coefficient (Wildman–Crippen LogP) is 3.59. The fraction of sp³-hybridized carbons (Fsp3) is 0. The normalized spacial score (nSPS) is 11.3. The zero-order chi connectivity index (χ0) is 20.8. The van der Waals surface area contributed by atoms with Gasteiger partial charge in [-0.3, -0.25) is 9.59 Å². The molecule has 0 spiro atoms. The smallest absolute Gasteiger partial charge is 0.262 e. The molecule has 0 saturated carbocycles. The van der Waals surface area contributed by atoms with E-state index in [9.17, 15) is 9.59 Å². The van der Waals surface area contributed by atoms with E-state index in [4.69, 9.17) is 0 Å². The summed E-state index contributed by atoms with van der Waals surface area (Å²) in [6.45, 7) is 0. The lowest BCUT2D eigenvalue weighted by Crippen LogP contribution is -2.35. The molecule has 0 fully saturated rings. The number of rotatable bonds is 4. The Balaban J connectivity index is 1.37. The number of nitrogens with zero attached hydrogens (tertiary/aromatic N) is 2. The molecule has 0 heterocycles. The highest BCUT2D eigenvalue weighted by atomic mass is 16.2. The van der Waals surface area contributed by atoms with E-state index in [1.54, 1.807) is 0 Å². The van der Waals surface area contributed by atoms with Gasteiger partial charge in [-0.2, -0.15) is 10.2 Å². The van der Waals surface area contributed by atoms with Crippen LogP contribution in [-0.4, -0.2) is 24.2 Å². The van der Waals surface area contributed by atoms with Crippen molar-refractivity contribution in [3.8, 4) is 0 Å². The maximum atomic E-state index is 11.9. The van der Waals surface area contributed by atoms with Crippen LogP contribution in [0.25, 0.3) is 21.5 Å². The summed E-state index contributed by atoms with van der Waals surface area (Å²) in [5.74, 6) is -1.80. The van der Waals surface area contributed by atoms with Crippen LogP contribution in [0.15, 0.2) is 95.1 Å². The van der Waals surface area contributed by atoms with Crippen molar-refractivity contribution < 1.29 is 9.59 Å². The second-order valence-corrected chi connectivity index (χ2v) is 6.54. The molecule has 2 N–H and O–H groups in total. The summed E-state index contributed by atoms with van der Waals surface area (Å²) in [6, 6.07) is 27.2. The molecular formula is C24H18N4O2. The molecule has 0 unspecified atom stereocenters. The molecule has 0 radical (unpaired) electrons. The number of hydrazone groups is 2. The van der Waals surface area contributed by atoms with Crippen LogP contribution >= 0.6 is 0 Å². The predicted molar refractivity (Wildman–Crippen MR) is 119 cm³/mol. The Bertz CT molecular complexity index is 1180. The molecule has 0 aromatic heterocycles. The van der Waals surface area contributed by atoms with Gasteiger partial charge >= 0.3 is 11.8 Å². The number of hydrogen-bond donors (Lipinski definition) is 2. The lowest BCUT2D eigenvalue weighted by molar-refractivity contribution is -0.139. The minimum Gasteiger partial charge on any atom is -0.262 e. The van der Waals surface area contributed by atoms with E-state index >= 15 is 0 Å². The third-order valence-corrected chi connectivity index (χ3v) is 4.59. The van der Waals surface area contributed by atoms with Crippen molar-refractivity contribution in [1.82, 2.24) is 10.9 Å². The van der Waals surface area contributed by atoms with E-state index in [0.717, 1.165) is 32.7 Å². The minimum atomic E-state index is -0.901. The Morgan fingerprint density at radius 2 is 0.967 bits per heavy atom. The molecule has 0 aliphatic carbocycles. The van der Waals surface area contributed by atoms with E-state index in [1.807, 2.05) is 84.9 Å². The Morgan fingerprint density at radius 3 is 1.43 bits per heavy atom. The summed E-state index contributed by atoms with van der Waals surface area (Å²) in [6.07, 6.45) is 3.01. The van der Waals surface area contributed by atoms with Gasteiger partial charge in [-0.05, 0) is 21.5 Å². The summed E-state index contributed by atoms with van der Waals surface area (Å²) >= 11 is 0. The monoisotopic (exact) mass is 394 g/mol. The van der Waals surface area contributed by atoms with Gasteiger partial charge in [-0.1, -0.05) is 84.9 Å². The molecule has 0 atom stereocenters.